The lowest BCUT2D eigenvalue weighted by atomic mass is 10.1. The van der Waals surface area contributed by atoms with E-state index in [2.05, 4.69) is 5.32 Å². The van der Waals surface area contributed by atoms with Gasteiger partial charge >= 0.3 is 0 Å². The number of nitrogens with one attached hydrogen (secondary N) is 1. The lowest BCUT2D eigenvalue weighted by Crippen LogP contribution is -2.49. The summed E-state index contributed by atoms with van der Waals surface area (Å²) in [6, 6.07) is 12.2. The third-order valence-corrected chi connectivity index (χ3v) is 7.88. The molecule has 0 fully saturated rings. The van der Waals surface area contributed by atoms with E-state index in [0.717, 1.165) is 10.7 Å². The molecule has 3 amide bonds. The number of hydrogen-bond acceptors (Lipinski definition) is 5. The summed E-state index contributed by atoms with van der Waals surface area (Å²) < 4.78 is 26.4. The van der Waals surface area contributed by atoms with E-state index in [1.165, 1.54) is 17.0 Å². The van der Waals surface area contributed by atoms with Crippen LogP contribution in [0.2, 0.25) is 5.02 Å². The van der Waals surface area contributed by atoms with Gasteiger partial charge in [0.15, 0.2) is 0 Å². The van der Waals surface area contributed by atoms with E-state index in [9.17, 15) is 22.8 Å². The van der Waals surface area contributed by atoms with Gasteiger partial charge in [-0.1, -0.05) is 55.8 Å². The molecule has 0 radical (unpaired) electrons. The highest BCUT2D eigenvalue weighted by atomic mass is 35.5. The zero-order valence-electron chi connectivity index (χ0n) is 19.2. The molecule has 0 bridgehead atoms. The minimum Gasteiger partial charge on any atom is -0.354 e. The van der Waals surface area contributed by atoms with Gasteiger partial charge in [0.25, 0.3) is 15.9 Å². The van der Waals surface area contributed by atoms with E-state index in [1.807, 2.05) is 6.92 Å². The summed E-state index contributed by atoms with van der Waals surface area (Å²) in [6.07, 6.45) is 0.842. The first-order valence-electron chi connectivity index (χ1n) is 11.2. The summed E-state index contributed by atoms with van der Waals surface area (Å²) in [5.41, 5.74) is 0.754. The molecule has 0 unspecified atom stereocenters. The Bertz CT molecular complexity index is 1180. The summed E-state index contributed by atoms with van der Waals surface area (Å²) in [6.45, 7) is 3.97. The normalized spacial score (nSPS) is 15.0. The van der Waals surface area contributed by atoms with Crippen LogP contribution in [0.1, 0.15) is 49.0 Å². The minimum absolute atomic E-state index is 0.0641. The number of rotatable bonds is 10. The molecule has 0 aromatic heterocycles. The van der Waals surface area contributed by atoms with Gasteiger partial charge in [-0.2, -0.15) is 0 Å². The maximum absolute atomic E-state index is 13.4. The molecule has 0 saturated heterocycles. The molecule has 1 heterocycles. The SMILES string of the molecule is CCCNC(=O)[C@H](CC)N(Cc1ccccc1Cl)C(=O)CCN1C(=O)c2ccccc2S1(=O)=O. The number of amides is 3. The van der Waals surface area contributed by atoms with Crippen molar-refractivity contribution >= 4 is 39.3 Å². The van der Waals surface area contributed by atoms with E-state index >= 15 is 0 Å². The number of fused-ring (bicyclic) bond motifs is 1. The Kier molecular flexibility index (Phi) is 8.33. The molecule has 1 aliphatic rings. The van der Waals surface area contributed by atoms with E-state index in [4.69, 9.17) is 11.6 Å². The van der Waals surface area contributed by atoms with Gasteiger partial charge in [-0.15, -0.1) is 0 Å². The van der Waals surface area contributed by atoms with Crippen molar-refractivity contribution in [2.45, 2.75) is 50.6 Å². The quantitative estimate of drug-likeness (QED) is 0.534. The van der Waals surface area contributed by atoms with Crippen molar-refractivity contribution in [3.05, 3.63) is 64.7 Å². The number of hydrogen-bond donors (Lipinski definition) is 1. The van der Waals surface area contributed by atoms with Gasteiger partial charge in [-0.25, -0.2) is 12.7 Å². The first kappa shape index (κ1) is 25.7. The standard InChI is InChI=1S/C24H28ClN3O5S/c1-3-14-26-23(30)20(4-2)27(16-17-9-5-7-11-19(17)25)22(29)13-15-28-24(31)18-10-6-8-12-21(18)34(28,32)33/h5-12,20H,3-4,13-16H2,1-2H3,(H,26,30)/t20-/m0/s1. The largest absolute Gasteiger partial charge is 0.354 e. The predicted octanol–water partition coefficient (Wildman–Crippen LogP) is 3.21. The molecular formula is C24H28ClN3O5S. The number of carbonyl (C=O) groups excluding carboxylic acids is 3. The summed E-state index contributed by atoms with van der Waals surface area (Å²) in [5, 5.41) is 3.28. The summed E-state index contributed by atoms with van der Waals surface area (Å²) >= 11 is 6.30. The average molecular weight is 506 g/mol. The molecule has 2 aromatic rings. The van der Waals surface area contributed by atoms with Crippen molar-refractivity contribution < 1.29 is 22.8 Å². The Morgan fingerprint density at radius 3 is 2.41 bits per heavy atom. The minimum atomic E-state index is -4.02. The number of benzene rings is 2. The summed E-state index contributed by atoms with van der Waals surface area (Å²) in [4.78, 5) is 40.2. The first-order chi connectivity index (χ1) is 16.2. The smallest absolute Gasteiger partial charge is 0.269 e. The van der Waals surface area contributed by atoms with Gasteiger partial charge in [0.2, 0.25) is 11.8 Å². The molecule has 0 aliphatic carbocycles. The van der Waals surface area contributed by atoms with Crippen molar-refractivity contribution in [3.8, 4) is 0 Å². The van der Waals surface area contributed by atoms with E-state index < -0.39 is 27.9 Å². The fourth-order valence-corrected chi connectivity index (χ4v) is 5.65. The number of nitrogens with zero attached hydrogens (tertiary/aromatic N) is 2. The molecule has 1 aliphatic heterocycles. The van der Waals surface area contributed by atoms with Gasteiger partial charge in [0.1, 0.15) is 10.9 Å². The van der Waals surface area contributed by atoms with E-state index in [-0.39, 0.29) is 35.9 Å². The number of halogens is 1. The van der Waals surface area contributed by atoms with Crippen LogP contribution in [0.15, 0.2) is 53.4 Å². The Hall–Kier alpha value is -2.91. The lowest BCUT2D eigenvalue weighted by molar-refractivity contribution is -0.141. The van der Waals surface area contributed by atoms with Gasteiger partial charge in [0.05, 0.1) is 5.56 Å². The van der Waals surface area contributed by atoms with Gasteiger partial charge in [-0.3, -0.25) is 14.4 Å². The van der Waals surface area contributed by atoms with Crippen molar-refractivity contribution in [2.24, 2.45) is 0 Å². The second-order valence-corrected chi connectivity index (χ2v) is 10.2. The first-order valence-corrected chi connectivity index (χ1v) is 13.0. The summed E-state index contributed by atoms with van der Waals surface area (Å²) in [7, 11) is -4.02. The highest BCUT2D eigenvalue weighted by Gasteiger charge is 2.41. The molecule has 2 aromatic carbocycles. The molecule has 0 saturated carbocycles. The van der Waals surface area contributed by atoms with Crippen LogP contribution in [0.3, 0.4) is 0 Å². The van der Waals surface area contributed by atoms with Crippen LogP contribution >= 0.6 is 11.6 Å². The second-order valence-electron chi connectivity index (χ2n) is 7.96. The molecule has 10 heteroatoms. The van der Waals surface area contributed by atoms with E-state index in [0.29, 0.717) is 23.6 Å². The highest BCUT2D eigenvalue weighted by Crippen LogP contribution is 2.30. The second kappa shape index (κ2) is 11.0. The van der Waals surface area contributed by atoms with Crippen molar-refractivity contribution in [1.82, 2.24) is 14.5 Å². The van der Waals surface area contributed by atoms with Crippen LogP contribution in [0, 0.1) is 0 Å². The Labute approximate surface area is 204 Å². The zero-order valence-corrected chi connectivity index (χ0v) is 20.7. The fraction of sp³-hybridized carbons (Fsp3) is 0.375. The number of carbonyl (C=O) groups is 3. The van der Waals surface area contributed by atoms with Crippen molar-refractivity contribution in [2.75, 3.05) is 13.1 Å². The third kappa shape index (κ3) is 5.26. The molecule has 3 rings (SSSR count). The van der Waals surface area contributed by atoms with Crippen molar-refractivity contribution in [3.63, 3.8) is 0 Å². The van der Waals surface area contributed by atoms with Crippen LogP contribution in [0.25, 0.3) is 0 Å². The van der Waals surface area contributed by atoms with Gasteiger partial charge < -0.3 is 10.2 Å². The Morgan fingerprint density at radius 2 is 1.76 bits per heavy atom. The molecule has 182 valence electrons. The van der Waals surface area contributed by atoms with Crippen molar-refractivity contribution in [1.29, 1.82) is 0 Å². The van der Waals surface area contributed by atoms with Crippen LogP contribution in [-0.2, 0) is 26.2 Å². The average Bonchev–Trinajstić information content (AvgIpc) is 3.02. The maximum atomic E-state index is 13.4. The predicted molar refractivity (Wildman–Crippen MR) is 129 cm³/mol. The number of sulfonamides is 1. The monoisotopic (exact) mass is 505 g/mol. The topological polar surface area (TPSA) is 104 Å². The van der Waals surface area contributed by atoms with Crippen LogP contribution in [0.5, 0.6) is 0 Å². The van der Waals surface area contributed by atoms with Gasteiger partial charge in [0, 0.05) is 31.1 Å². The molecule has 1 atom stereocenters. The Morgan fingerprint density at radius 1 is 1.09 bits per heavy atom. The fourth-order valence-electron chi connectivity index (χ4n) is 3.89. The molecule has 34 heavy (non-hydrogen) atoms. The highest BCUT2D eigenvalue weighted by molar-refractivity contribution is 7.90. The Balaban J connectivity index is 1.83. The molecule has 8 nitrogen and oxygen atoms in total. The molecular weight excluding hydrogens is 478 g/mol. The molecule has 1 N–H and O–H groups in total. The van der Waals surface area contributed by atoms with Gasteiger partial charge in [-0.05, 0) is 36.6 Å². The van der Waals surface area contributed by atoms with E-state index in [1.54, 1.807) is 43.3 Å². The summed E-state index contributed by atoms with van der Waals surface area (Å²) in [5.74, 6) is -1.40. The maximum Gasteiger partial charge on any atom is 0.269 e. The zero-order chi connectivity index (χ0) is 24.9. The lowest BCUT2D eigenvalue weighted by Gasteiger charge is -2.31. The molecule has 0 spiro atoms. The van der Waals surface area contributed by atoms with Crippen LogP contribution < -0.4 is 5.32 Å². The van der Waals surface area contributed by atoms with Crippen LogP contribution in [0.4, 0.5) is 0 Å². The van der Waals surface area contributed by atoms with Crippen LogP contribution in [-0.4, -0.2) is 54.5 Å². The third-order valence-electron chi connectivity index (χ3n) is 5.67.